The van der Waals surface area contributed by atoms with Gasteiger partial charge in [0, 0.05) is 19.8 Å². The summed E-state index contributed by atoms with van der Waals surface area (Å²) in [6.45, 7) is 14.5. The van der Waals surface area contributed by atoms with Crippen molar-refractivity contribution in [2.45, 2.75) is 45.1 Å². The number of nitrogens with one attached hydrogen (secondary N) is 1. The standard InChI is InChI=1S/C13H29NO3Si2/c1-6-13(15)14-9-8-11-18(3)17-19(4,5)12-10-16-7-2/h6,18H,1,7-12H2,2-5H3,(H,14,15). The first-order chi connectivity index (χ1) is 8.91. The average molecular weight is 304 g/mol. The summed E-state index contributed by atoms with van der Waals surface area (Å²) in [6.07, 6.45) is 2.30. The topological polar surface area (TPSA) is 47.6 Å². The fraction of sp³-hybridized carbons (Fsp3) is 0.769. The summed E-state index contributed by atoms with van der Waals surface area (Å²) in [6, 6.07) is 2.16. The molecule has 0 spiro atoms. The molecule has 0 saturated carbocycles. The third-order valence-electron chi connectivity index (χ3n) is 2.84. The highest BCUT2D eigenvalue weighted by atomic mass is 28.4. The molecule has 0 aromatic carbocycles. The Kier molecular flexibility index (Phi) is 10.1. The minimum atomic E-state index is -1.56. The fourth-order valence-electron chi connectivity index (χ4n) is 1.80. The molecule has 19 heavy (non-hydrogen) atoms. The van der Waals surface area contributed by atoms with Crippen molar-refractivity contribution in [1.82, 2.24) is 5.32 Å². The van der Waals surface area contributed by atoms with Crippen LogP contribution in [0, 0.1) is 0 Å². The quantitative estimate of drug-likeness (QED) is 0.362. The lowest BCUT2D eigenvalue weighted by Gasteiger charge is -2.27. The van der Waals surface area contributed by atoms with Gasteiger partial charge in [0.2, 0.25) is 5.91 Å². The Morgan fingerprint density at radius 2 is 2.16 bits per heavy atom. The summed E-state index contributed by atoms with van der Waals surface area (Å²) in [7, 11) is -2.68. The Morgan fingerprint density at radius 1 is 1.47 bits per heavy atom. The van der Waals surface area contributed by atoms with E-state index < -0.39 is 17.4 Å². The zero-order chi connectivity index (χ0) is 14.7. The predicted octanol–water partition coefficient (Wildman–Crippen LogP) is 2.29. The van der Waals surface area contributed by atoms with E-state index in [1.165, 1.54) is 6.08 Å². The van der Waals surface area contributed by atoms with E-state index in [-0.39, 0.29) is 5.91 Å². The number of ether oxygens (including phenoxy) is 1. The van der Waals surface area contributed by atoms with Crippen LogP contribution in [0.3, 0.4) is 0 Å². The molecular formula is C13H29NO3Si2. The van der Waals surface area contributed by atoms with Crippen molar-refractivity contribution in [3.63, 3.8) is 0 Å². The molecule has 0 aliphatic rings. The molecule has 0 bridgehead atoms. The highest BCUT2D eigenvalue weighted by Crippen LogP contribution is 2.14. The number of rotatable bonds is 11. The Bertz CT molecular complexity index is 273. The van der Waals surface area contributed by atoms with Crippen molar-refractivity contribution in [1.29, 1.82) is 0 Å². The molecule has 0 aliphatic heterocycles. The lowest BCUT2D eigenvalue weighted by Crippen LogP contribution is -2.37. The Morgan fingerprint density at radius 3 is 2.74 bits per heavy atom. The summed E-state index contributed by atoms with van der Waals surface area (Å²) in [5.74, 6) is -0.0957. The highest BCUT2D eigenvalue weighted by molar-refractivity contribution is 6.78. The van der Waals surface area contributed by atoms with Crippen LogP contribution in [0.2, 0.25) is 31.7 Å². The van der Waals surface area contributed by atoms with E-state index in [0.717, 1.165) is 31.7 Å². The fourth-order valence-corrected chi connectivity index (χ4v) is 8.51. The van der Waals surface area contributed by atoms with E-state index in [4.69, 9.17) is 8.85 Å². The second-order valence-electron chi connectivity index (χ2n) is 5.27. The van der Waals surface area contributed by atoms with E-state index in [1.54, 1.807) is 0 Å². The molecule has 0 radical (unpaired) electrons. The Labute approximate surface area is 120 Å². The number of hydrogen-bond donors (Lipinski definition) is 1. The van der Waals surface area contributed by atoms with Gasteiger partial charge in [-0.3, -0.25) is 4.79 Å². The SMILES string of the molecule is C=CC(=O)NCCC[SiH](C)O[Si](C)(C)CCOCC. The van der Waals surface area contributed by atoms with E-state index in [1.807, 2.05) is 6.92 Å². The number of carbonyl (C=O) groups is 1. The first-order valence-corrected chi connectivity index (χ1v) is 12.6. The van der Waals surface area contributed by atoms with E-state index >= 15 is 0 Å². The molecule has 0 aliphatic carbocycles. The van der Waals surface area contributed by atoms with Crippen LogP contribution in [-0.4, -0.2) is 43.0 Å². The first-order valence-electron chi connectivity index (χ1n) is 7.07. The van der Waals surface area contributed by atoms with E-state index in [0.29, 0.717) is 6.54 Å². The molecule has 1 unspecified atom stereocenters. The van der Waals surface area contributed by atoms with Crippen molar-refractivity contribution >= 4 is 23.3 Å². The molecule has 6 heteroatoms. The van der Waals surface area contributed by atoms with Crippen LogP contribution in [0.5, 0.6) is 0 Å². The maximum atomic E-state index is 11.0. The third-order valence-corrected chi connectivity index (χ3v) is 9.64. The van der Waals surface area contributed by atoms with Crippen LogP contribution >= 0.6 is 0 Å². The second-order valence-corrected chi connectivity index (χ2v) is 12.4. The van der Waals surface area contributed by atoms with Gasteiger partial charge in [0.05, 0.1) is 0 Å². The van der Waals surface area contributed by atoms with Crippen molar-refractivity contribution in [2.75, 3.05) is 19.8 Å². The van der Waals surface area contributed by atoms with Crippen LogP contribution in [-0.2, 0) is 13.6 Å². The van der Waals surface area contributed by atoms with Gasteiger partial charge < -0.3 is 14.2 Å². The molecule has 0 aromatic rings. The smallest absolute Gasteiger partial charge is 0.243 e. The van der Waals surface area contributed by atoms with Crippen LogP contribution < -0.4 is 5.32 Å². The van der Waals surface area contributed by atoms with Gasteiger partial charge in [0.25, 0.3) is 0 Å². The number of carbonyl (C=O) groups excluding carboxylic acids is 1. The lowest BCUT2D eigenvalue weighted by atomic mass is 10.4. The summed E-state index contributed by atoms with van der Waals surface area (Å²) >= 11 is 0. The summed E-state index contributed by atoms with van der Waals surface area (Å²) < 4.78 is 11.7. The van der Waals surface area contributed by atoms with Crippen LogP contribution in [0.25, 0.3) is 0 Å². The van der Waals surface area contributed by atoms with E-state index in [2.05, 4.69) is 31.5 Å². The third kappa shape index (κ3) is 11.1. The highest BCUT2D eigenvalue weighted by Gasteiger charge is 2.24. The zero-order valence-corrected chi connectivity index (χ0v) is 15.0. The molecule has 4 nitrogen and oxygen atoms in total. The maximum Gasteiger partial charge on any atom is 0.243 e. The van der Waals surface area contributed by atoms with Gasteiger partial charge in [0.15, 0.2) is 17.4 Å². The minimum absolute atomic E-state index is 0.0957. The van der Waals surface area contributed by atoms with Crippen molar-refractivity contribution in [3.05, 3.63) is 12.7 Å². The molecule has 112 valence electrons. The first kappa shape index (κ1) is 18.6. The Balaban J connectivity index is 3.73. The molecule has 1 amide bonds. The maximum absolute atomic E-state index is 11.0. The molecule has 0 rings (SSSR count). The Hall–Kier alpha value is -0.436. The average Bonchev–Trinajstić information content (AvgIpc) is 2.33. The summed E-state index contributed by atoms with van der Waals surface area (Å²) in [5, 5.41) is 2.79. The molecule has 1 atom stereocenters. The molecule has 0 fully saturated rings. The predicted molar refractivity (Wildman–Crippen MR) is 85.5 cm³/mol. The monoisotopic (exact) mass is 303 g/mol. The van der Waals surface area contributed by atoms with Gasteiger partial charge in [-0.25, -0.2) is 0 Å². The molecular weight excluding hydrogens is 274 g/mol. The van der Waals surface area contributed by atoms with Crippen molar-refractivity contribution in [2.24, 2.45) is 0 Å². The van der Waals surface area contributed by atoms with Gasteiger partial charge in [-0.15, -0.1) is 0 Å². The minimum Gasteiger partial charge on any atom is -0.458 e. The van der Waals surface area contributed by atoms with E-state index in [9.17, 15) is 4.79 Å². The second kappa shape index (κ2) is 10.4. The van der Waals surface area contributed by atoms with Crippen LogP contribution in [0.1, 0.15) is 13.3 Å². The van der Waals surface area contributed by atoms with Crippen LogP contribution in [0.4, 0.5) is 0 Å². The molecule has 1 N–H and O–H groups in total. The van der Waals surface area contributed by atoms with Crippen molar-refractivity contribution < 1.29 is 13.6 Å². The van der Waals surface area contributed by atoms with Gasteiger partial charge in [-0.05, 0) is 51.1 Å². The van der Waals surface area contributed by atoms with Gasteiger partial charge in [0.1, 0.15) is 0 Å². The molecule has 0 heterocycles. The number of hydrogen-bond acceptors (Lipinski definition) is 3. The normalized spacial score (nSPS) is 13.1. The molecule has 0 saturated heterocycles. The largest absolute Gasteiger partial charge is 0.458 e. The van der Waals surface area contributed by atoms with Gasteiger partial charge >= 0.3 is 0 Å². The van der Waals surface area contributed by atoms with Gasteiger partial charge in [-0.1, -0.05) is 6.58 Å². The number of amides is 1. The van der Waals surface area contributed by atoms with Crippen LogP contribution in [0.15, 0.2) is 12.7 Å². The summed E-state index contributed by atoms with van der Waals surface area (Å²) in [5.41, 5.74) is 0. The van der Waals surface area contributed by atoms with Crippen molar-refractivity contribution in [3.8, 4) is 0 Å². The molecule has 0 aromatic heterocycles. The van der Waals surface area contributed by atoms with Gasteiger partial charge in [-0.2, -0.15) is 0 Å². The zero-order valence-electron chi connectivity index (χ0n) is 12.8. The summed E-state index contributed by atoms with van der Waals surface area (Å²) in [4.78, 5) is 11.0. The lowest BCUT2D eigenvalue weighted by molar-refractivity contribution is -0.116.